The molecule has 2 aromatic carbocycles. The van der Waals surface area contributed by atoms with Crippen LogP contribution in [0.25, 0.3) is 0 Å². The van der Waals surface area contributed by atoms with E-state index < -0.39 is 13.2 Å². The van der Waals surface area contributed by atoms with Gasteiger partial charge in [-0.05, 0) is 36.4 Å². The maximum Gasteiger partial charge on any atom is 0.264 e. The van der Waals surface area contributed by atoms with Crippen molar-refractivity contribution < 1.29 is 14.2 Å². The van der Waals surface area contributed by atoms with Crippen molar-refractivity contribution in [2.24, 2.45) is 0 Å². The Kier molecular flexibility index (Phi) is 5.77. The Labute approximate surface area is 146 Å². The molecule has 0 unspecified atom stereocenters. The van der Waals surface area contributed by atoms with Crippen LogP contribution >= 0.6 is 30.6 Å². The maximum atomic E-state index is 13.3. The molecular weight excluding hydrogens is 356 g/mol. The molecule has 0 saturated carbocycles. The summed E-state index contributed by atoms with van der Waals surface area (Å²) < 4.78 is 18.5. The summed E-state index contributed by atoms with van der Waals surface area (Å²) in [4.78, 5) is 1.92. The van der Waals surface area contributed by atoms with E-state index in [4.69, 9.17) is 27.7 Å². The van der Waals surface area contributed by atoms with Gasteiger partial charge in [-0.2, -0.15) is 0 Å². The summed E-state index contributed by atoms with van der Waals surface area (Å²) in [5, 5.41) is 11.5. The van der Waals surface area contributed by atoms with Crippen LogP contribution < -0.4 is 10.2 Å². The number of aliphatic hydroxyl groups excluding tert-OH is 1. The molecule has 7 heteroatoms. The van der Waals surface area contributed by atoms with E-state index in [1.807, 2.05) is 31.1 Å². The zero-order valence-corrected chi connectivity index (χ0v) is 15.4. The van der Waals surface area contributed by atoms with Gasteiger partial charge in [0, 0.05) is 47.8 Å². The summed E-state index contributed by atoms with van der Waals surface area (Å²) >= 11 is 12.2. The zero-order chi connectivity index (χ0) is 17.2. The van der Waals surface area contributed by atoms with E-state index in [1.165, 1.54) is 7.11 Å². The van der Waals surface area contributed by atoms with Crippen molar-refractivity contribution in [1.29, 1.82) is 0 Å². The lowest BCUT2D eigenvalue weighted by atomic mass is 10.2. The van der Waals surface area contributed by atoms with Gasteiger partial charge in [0.25, 0.3) is 7.37 Å². The fraction of sp³-hybridized carbons (Fsp3) is 0.250. The molecule has 2 aromatic rings. The molecule has 0 heterocycles. The van der Waals surface area contributed by atoms with Gasteiger partial charge in [-0.1, -0.05) is 29.3 Å². The fourth-order valence-corrected chi connectivity index (χ4v) is 4.86. The predicted octanol–water partition coefficient (Wildman–Crippen LogP) is 4.30. The van der Waals surface area contributed by atoms with Gasteiger partial charge in [-0.25, -0.2) is 0 Å². The average Bonchev–Trinajstić information content (AvgIpc) is 2.53. The van der Waals surface area contributed by atoms with Gasteiger partial charge in [0.15, 0.2) is 5.85 Å². The van der Waals surface area contributed by atoms with E-state index in [0.29, 0.717) is 5.30 Å². The summed E-state index contributed by atoms with van der Waals surface area (Å²) in [5.74, 6) is -1.45. The highest BCUT2D eigenvalue weighted by Gasteiger charge is 2.37. The van der Waals surface area contributed by atoms with E-state index in [1.54, 1.807) is 30.3 Å². The van der Waals surface area contributed by atoms with Gasteiger partial charge in [0.05, 0.1) is 0 Å². The zero-order valence-electron chi connectivity index (χ0n) is 13.0. The van der Waals surface area contributed by atoms with Crippen LogP contribution in [0.15, 0.2) is 42.5 Å². The molecule has 0 spiro atoms. The van der Waals surface area contributed by atoms with Crippen LogP contribution in [0.5, 0.6) is 0 Å². The van der Waals surface area contributed by atoms with Crippen molar-refractivity contribution >= 4 is 41.6 Å². The van der Waals surface area contributed by atoms with Crippen LogP contribution in [0.1, 0.15) is 11.4 Å². The minimum atomic E-state index is -3.60. The monoisotopic (exact) mass is 373 g/mol. The molecule has 2 rings (SSSR count). The fourth-order valence-electron chi connectivity index (χ4n) is 2.23. The van der Waals surface area contributed by atoms with Gasteiger partial charge in [-0.15, -0.1) is 0 Å². The van der Waals surface area contributed by atoms with Crippen molar-refractivity contribution in [1.82, 2.24) is 0 Å². The minimum absolute atomic E-state index is 0.206. The SMILES string of the molecule is CO[P@@](=O)(c1ccc(N(C)C)cc1)[C@@H](O)c1c(Cl)cccc1Cl. The molecule has 0 saturated heterocycles. The number of halogens is 2. The second kappa shape index (κ2) is 7.25. The van der Waals surface area contributed by atoms with Crippen molar-refractivity contribution in [2.75, 3.05) is 26.1 Å². The molecule has 0 aliphatic rings. The lowest BCUT2D eigenvalue weighted by Gasteiger charge is -2.24. The number of nitrogens with zero attached hydrogens (tertiary/aromatic N) is 1. The molecule has 4 nitrogen and oxygen atoms in total. The first kappa shape index (κ1) is 18.3. The third-order valence-corrected chi connectivity index (χ3v) is 6.70. The van der Waals surface area contributed by atoms with Gasteiger partial charge in [-0.3, -0.25) is 4.57 Å². The van der Waals surface area contributed by atoms with Crippen molar-refractivity contribution in [2.45, 2.75) is 5.85 Å². The number of hydrogen-bond acceptors (Lipinski definition) is 4. The Morgan fingerprint density at radius 3 is 2.04 bits per heavy atom. The Morgan fingerprint density at radius 1 is 1.09 bits per heavy atom. The molecule has 0 aromatic heterocycles. The third-order valence-electron chi connectivity index (χ3n) is 3.58. The average molecular weight is 374 g/mol. The highest BCUT2D eigenvalue weighted by Crippen LogP contribution is 2.59. The van der Waals surface area contributed by atoms with E-state index in [0.717, 1.165) is 5.69 Å². The largest absolute Gasteiger partial charge is 0.378 e. The molecule has 1 N–H and O–H groups in total. The molecule has 0 amide bonds. The highest BCUT2D eigenvalue weighted by atomic mass is 35.5. The number of rotatable bonds is 5. The Balaban J connectivity index is 2.49. The van der Waals surface area contributed by atoms with E-state index >= 15 is 0 Å². The third kappa shape index (κ3) is 3.57. The molecule has 23 heavy (non-hydrogen) atoms. The van der Waals surface area contributed by atoms with Gasteiger partial charge < -0.3 is 14.5 Å². The smallest absolute Gasteiger partial charge is 0.264 e. The van der Waals surface area contributed by atoms with Crippen LogP contribution in [0.2, 0.25) is 10.0 Å². The van der Waals surface area contributed by atoms with Crippen LogP contribution in [-0.2, 0) is 9.09 Å². The maximum absolute atomic E-state index is 13.3. The standard InChI is InChI=1S/C16H18Cl2NO3P/c1-19(2)11-7-9-12(10-8-11)23(21,22-3)16(20)15-13(17)5-4-6-14(15)18/h4-10,16,20H,1-3H3/t16-,23+/m1/s1. The predicted molar refractivity (Wildman–Crippen MR) is 96.4 cm³/mol. The highest BCUT2D eigenvalue weighted by molar-refractivity contribution is 7.67. The molecule has 0 aliphatic carbocycles. The van der Waals surface area contributed by atoms with Gasteiger partial charge in [0.1, 0.15) is 0 Å². The van der Waals surface area contributed by atoms with Crippen molar-refractivity contribution in [3.8, 4) is 0 Å². The number of hydrogen-bond donors (Lipinski definition) is 1. The van der Waals surface area contributed by atoms with Crippen LogP contribution in [0.3, 0.4) is 0 Å². The lowest BCUT2D eigenvalue weighted by Crippen LogP contribution is -2.15. The summed E-state index contributed by atoms with van der Waals surface area (Å²) in [6, 6.07) is 11.8. The quantitative estimate of drug-likeness (QED) is 0.793. The topological polar surface area (TPSA) is 49.8 Å². The first-order chi connectivity index (χ1) is 10.8. The molecular formula is C16H18Cl2NO3P. The van der Waals surface area contributed by atoms with Crippen LogP contribution in [0.4, 0.5) is 5.69 Å². The molecule has 0 bridgehead atoms. The minimum Gasteiger partial charge on any atom is -0.378 e. The Hall–Kier alpha value is -1.03. The Morgan fingerprint density at radius 2 is 1.61 bits per heavy atom. The number of anilines is 1. The molecule has 0 radical (unpaired) electrons. The normalized spacial score (nSPS) is 15.0. The second-order valence-corrected chi connectivity index (χ2v) is 8.58. The summed E-state index contributed by atoms with van der Waals surface area (Å²) in [5.41, 5.74) is 1.15. The van der Waals surface area contributed by atoms with Crippen molar-refractivity contribution in [3.05, 3.63) is 58.1 Å². The van der Waals surface area contributed by atoms with Crippen LogP contribution in [0, 0.1) is 0 Å². The summed E-state index contributed by atoms with van der Waals surface area (Å²) in [6.45, 7) is 0. The molecule has 124 valence electrons. The number of benzene rings is 2. The lowest BCUT2D eigenvalue weighted by molar-refractivity contribution is 0.229. The summed E-state index contributed by atoms with van der Waals surface area (Å²) in [6.07, 6.45) is 0. The molecule has 0 fully saturated rings. The Bertz CT molecular complexity index is 714. The molecule has 2 atom stereocenters. The van der Waals surface area contributed by atoms with Crippen molar-refractivity contribution in [3.63, 3.8) is 0 Å². The van der Waals surface area contributed by atoms with Gasteiger partial charge in [0.2, 0.25) is 0 Å². The second-order valence-electron chi connectivity index (χ2n) is 5.20. The first-order valence-electron chi connectivity index (χ1n) is 6.86. The first-order valence-corrected chi connectivity index (χ1v) is 9.31. The van der Waals surface area contributed by atoms with E-state index in [9.17, 15) is 9.67 Å². The van der Waals surface area contributed by atoms with Crippen LogP contribution in [-0.4, -0.2) is 26.3 Å². The van der Waals surface area contributed by atoms with Gasteiger partial charge >= 0.3 is 0 Å². The van der Waals surface area contributed by atoms with E-state index in [-0.39, 0.29) is 15.6 Å². The molecule has 0 aliphatic heterocycles. The number of aliphatic hydroxyl groups is 1. The van der Waals surface area contributed by atoms with E-state index in [2.05, 4.69) is 0 Å². The summed E-state index contributed by atoms with van der Waals surface area (Å²) in [7, 11) is 1.51.